The van der Waals surface area contributed by atoms with E-state index in [0.717, 1.165) is 12.8 Å². The molecular weight excluding hydrogens is 294 g/mol. The topological polar surface area (TPSA) is 92.5 Å². The number of hydrogen-bond donors (Lipinski definition) is 1. The van der Waals surface area contributed by atoms with Crippen LogP contribution in [0, 0.1) is 18.3 Å². The fourth-order valence-corrected chi connectivity index (χ4v) is 5.50. The Hall–Kier alpha value is -1.41. The van der Waals surface area contributed by atoms with Gasteiger partial charge < -0.3 is 5.11 Å². The number of carboxylic acid groups (broad SMARTS) is 1. The maximum absolute atomic E-state index is 12.7. The van der Waals surface area contributed by atoms with Crippen molar-refractivity contribution in [2.24, 2.45) is 18.4 Å². The van der Waals surface area contributed by atoms with Gasteiger partial charge in [-0.25, -0.2) is 8.42 Å². The quantitative estimate of drug-likeness (QED) is 0.882. The zero-order valence-electron chi connectivity index (χ0n) is 12.1. The first-order valence-corrected chi connectivity index (χ1v) is 8.45. The van der Waals surface area contributed by atoms with Crippen LogP contribution in [0.15, 0.2) is 11.1 Å². The number of carboxylic acids is 1. The molecule has 1 N–H and O–H groups in total. The van der Waals surface area contributed by atoms with E-state index in [9.17, 15) is 18.3 Å². The number of rotatable bonds is 3. The highest BCUT2D eigenvalue weighted by atomic mass is 32.2. The molecule has 0 aromatic carbocycles. The molecule has 21 heavy (non-hydrogen) atoms. The Kier molecular flexibility index (Phi) is 3.14. The Morgan fingerprint density at radius 1 is 1.52 bits per heavy atom. The van der Waals surface area contributed by atoms with Gasteiger partial charge in [0, 0.05) is 26.3 Å². The van der Waals surface area contributed by atoms with Gasteiger partial charge in [-0.05, 0) is 25.7 Å². The van der Waals surface area contributed by atoms with E-state index in [1.807, 2.05) is 0 Å². The van der Waals surface area contributed by atoms with Crippen LogP contribution in [0.2, 0.25) is 0 Å². The third kappa shape index (κ3) is 2.00. The van der Waals surface area contributed by atoms with E-state index in [0.29, 0.717) is 18.7 Å². The number of sulfonamides is 1. The van der Waals surface area contributed by atoms with E-state index in [1.54, 1.807) is 14.0 Å². The first kappa shape index (κ1) is 14.5. The Balaban J connectivity index is 1.96. The van der Waals surface area contributed by atoms with Gasteiger partial charge in [0.25, 0.3) is 0 Å². The van der Waals surface area contributed by atoms with Crippen molar-refractivity contribution in [3.8, 4) is 0 Å². The van der Waals surface area contributed by atoms with E-state index in [4.69, 9.17) is 0 Å². The monoisotopic (exact) mass is 313 g/mol. The summed E-state index contributed by atoms with van der Waals surface area (Å²) < 4.78 is 28.3. The lowest BCUT2D eigenvalue weighted by molar-refractivity contribution is -0.149. The van der Waals surface area contributed by atoms with E-state index < -0.39 is 21.4 Å². The molecule has 8 heteroatoms. The summed E-state index contributed by atoms with van der Waals surface area (Å²) in [4.78, 5) is 11.8. The van der Waals surface area contributed by atoms with Crippen molar-refractivity contribution < 1.29 is 18.3 Å². The van der Waals surface area contributed by atoms with Crippen LogP contribution in [0.4, 0.5) is 0 Å². The highest BCUT2D eigenvalue weighted by molar-refractivity contribution is 7.89. The molecule has 2 atom stereocenters. The van der Waals surface area contributed by atoms with Crippen molar-refractivity contribution in [1.29, 1.82) is 0 Å². The van der Waals surface area contributed by atoms with Crippen molar-refractivity contribution in [2.75, 3.05) is 13.1 Å². The van der Waals surface area contributed by atoms with E-state index in [1.165, 1.54) is 15.2 Å². The average Bonchev–Trinajstić information content (AvgIpc) is 3.00. The zero-order chi connectivity index (χ0) is 15.4. The first-order valence-electron chi connectivity index (χ1n) is 7.01. The molecule has 1 aliphatic heterocycles. The zero-order valence-corrected chi connectivity index (χ0v) is 12.9. The summed E-state index contributed by atoms with van der Waals surface area (Å²) >= 11 is 0. The molecule has 2 heterocycles. The highest BCUT2D eigenvalue weighted by Crippen LogP contribution is 2.50. The average molecular weight is 313 g/mol. The van der Waals surface area contributed by atoms with Crippen LogP contribution in [-0.2, 0) is 21.9 Å². The Morgan fingerprint density at radius 3 is 2.76 bits per heavy atom. The second-order valence-corrected chi connectivity index (χ2v) is 8.01. The van der Waals surface area contributed by atoms with Crippen molar-refractivity contribution in [3.05, 3.63) is 11.9 Å². The number of aliphatic carboxylic acids is 1. The van der Waals surface area contributed by atoms with E-state index in [2.05, 4.69) is 5.10 Å². The number of carbonyl (C=O) groups is 1. The third-order valence-corrected chi connectivity index (χ3v) is 6.77. The maximum Gasteiger partial charge on any atom is 0.311 e. The highest BCUT2D eigenvalue weighted by Gasteiger charge is 2.57. The van der Waals surface area contributed by atoms with Crippen LogP contribution in [0.25, 0.3) is 0 Å². The minimum atomic E-state index is -3.68. The van der Waals surface area contributed by atoms with Crippen LogP contribution < -0.4 is 0 Å². The van der Waals surface area contributed by atoms with Crippen LogP contribution in [0.3, 0.4) is 0 Å². The summed E-state index contributed by atoms with van der Waals surface area (Å²) in [5.74, 6) is -0.952. The first-order chi connectivity index (χ1) is 9.77. The molecule has 1 saturated heterocycles. The van der Waals surface area contributed by atoms with Crippen molar-refractivity contribution in [3.63, 3.8) is 0 Å². The van der Waals surface area contributed by atoms with Crippen molar-refractivity contribution in [1.82, 2.24) is 14.1 Å². The molecule has 7 nitrogen and oxygen atoms in total. The molecule has 1 aliphatic carbocycles. The van der Waals surface area contributed by atoms with Gasteiger partial charge in [-0.3, -0.25) is 9.48 Å². The lowest BCUT2D eigenvalue weighted by atomic mass is 9.81. The molecule has 1 aromatic rings. The van der Waals surface area contributed by atoms with Gasteiger partial charge >= 0.3 is 5.97 Å². The standard InChI is InChI=1S/C13H19N3O4S/c1-9-11(7-15(2)14-9)21(19,20)16-6-10-4-3-5-13(10,8-16)12(17)18/h7,10H,3-6,8H2,1-2H3,(H,17,18)/t10-,13+/m0/s1. The molecular formula is C13H19N3O4S. The Morgan fingerprint density at radius 2 is 2.24 bits per heavy atom. The predicted octanol–water partition coefficient (Wildman–Crippen LogP) is 0.604. The van der Waals surface area contributed by atoms with E-state index in [-0.39, 0.29) is 17.4 Å². The SMILES string of the molecule is Cc1nn(C)cc1S(=O)(=O)N1C[C@@H]2CCC[C@@]2(C(=O)O)C1. The minimum Gasteiger partial charge on any atom is -0.481 e. The summed E-state index contributed by atoms with van der Waals surface area (Å²) in [6.07, 6.45) is 3.68. The lowest BCUT2D eigenvalue weighted by Gasteiger charge is -2.23. The van der Waals surface area contributed by atoms with Gasteiger partial charge in [-0.2, -0.15) is 9.40 Å². The maximum atomic E-state index is 12.7. The minimum absolute atomic E-state index is 0.0731. The summed E-state index contributed by atoms with van der Waals surface area (Å²) in [5, 5.41) is 13.6. The summed E-state index contributed by atoms with van der Waals surface area (Å²) in [6.45, 7) is 2.02. The lowest BCUT2D eigenvalue weighted by Crippen LogP contribution is -2.37. The second kappa shape index (κ2) is 4.54. The molecule has 2 fully saturated rings. The fourth-order valence-electron chi connectivity index (χ4n) is 3.75. The predicted molar refractivity (Wildman–Crippen MR) is 74.1 cm³/mol. The molecule has 1 aromatic heterocycles. The smallest absolute Gasteiger partial charge is 0.311 e. The molecule has 0 amide bonds. The van der Waals surface area contributed by atoms with Gasteiger partial charge in [0.1, 0.15) is 4.90 Å². The number of hydrogen-bond acceptors (Lipinski definition) is 4. The van der Waals surface area contributed by atoms with Gasteiger partial charge in [-0.15, -0.1) is 0 Å². The van der Waals surface area contributed by atoms with Gasteiger partial charge in [-0.1, -0.05) is 6.42 Å². The second-order valence-electron chi connectivity index (χ2n) is 6.10. The van der Waals surface area contributed by atoms with Gasteiger partial charge in [0.15, 0.2) is 0 Å². The number of fused-ring (bicyclic) bond motifs is 1. The molecule has 0 spiro atoms. The fraction of sp³-hybridized carbons (Fsp3) is 0.692. The summed E-state index contributed by atoms with van der Waals surface area (Å²) in [6, 6.07) is 0. The van der Waals surface area contributed by atoms with Crippen molar-refractivity contribution in [2.45, 2.75) is 31.1 Å². The number of aromatic nitrogens is 2. The van der Waals surface area contributed by atoms with Gasteiger partial charge in [0.05, 0.1) is 11.1 Å². The van der Waals surface area contributed by atoms with Crippen LogP contribution in [0.1, 0.15) is 25.0 Å². The van der Waals surface area contributed by atoms with Crippen LogP contribution in [0.5, 0.6) is 0 Å². The summed E-state index contributed by atoms with van der Waals surface area (Å²) in [5.41, 5.74) is -0.456. The molecule has 1 saturated carbocycles. The van der Waals surface area contributed by atoms with Crippen LogP contribution in [-0.4, -0.2) is 46.7 Å². The van der Waals surface area contributed by atoms with Crippen molar-refractivity contribution >= 4 is 16.0 Å². The molecule has 3 rings (SSSR count). The van der Waals surface area contributed by atoms with Gasteiger partial charge in [0.2, 0.25) is 10.0 Å². The Labute approximate surface area is 123 Å². The Bertz CT molecular complexity index is 696. The number of nitrogens with zero attached hydrogens (tertiary/aromatic N) is 3. The largest absolute Gasteiger partial charge is 0.481 e. The molecule has 0 radical (unpaired) electrons. The van der Waals surface area contributed by atoms with Crippen LogP contribution >= 0.6 is 0 Å². The summed E-state index contributed by atoms with van der Waals surface area (Å²) in [7, 11) is -2.01. The molecule has 0 bridgehead atoms. The molecule has 0 unspecified atom stereocenters. The third-order valence-electron chi connectivity index (χ3n) is 4.85. The number of aryl methyl sites for hydroxylation is 2. The normalized spacial score (nSPS) is 29.7. The molecule has 116 valence electrons. The van der Waals surface area contributed by atoms with E-state index >= 15 is 0 Å². The molecule has 2 aliphatic rings.